The van der Waals surface area contributed by atoms with E-state index in [4.69, 9.17) is 10.5 Å². The number of aryl methyl sites for hydroxylation is 1. The minimum Gasteiger partial charge on any atom is -0.490 e. The number of rotatable bonds is 2. The first-order valence-electron chi connectivity index (χ1n) is 7.24. The topological polar surface area (TPSA) is 35.2 Å². The van der Waals surface area contributed by atoms with E-state index >= 15 is 0 Å². The summed E-state index contributed by atoms with van der Waals surface area (Å²) >= 11 is 0. The average Bonchev–Trinajstić information content (AvgIpc) is 2.88. The predicted octanol–water partition coefficient (Wildman–Crippen LogP) is 3.17. The van der Waals surface area contributed by atoms with E-state index in [0.29, 0.717) is 6.10 Å². The summed E-state index contributed by atoms with van der Waals surface area (Å²) in [5.74, 6) is 1.10. The Hall–Kier alpha value is -1.02. The van der Waals surface area contributed by atoms with Gasteiger partial charge in [-0.25, -0.2) is 0 Å². The monoisotopic (exact) mass is 245 g/mol. The Kier molecular flexibility index (Phi) is 3.06. The van der Waals surface area contributed by atoms with Crippen LogP contribution in [0.1, 0.15) is 50.2 Å². The van der Waals surface area contributed by atoms with Crippen LogP contribution < -0.4 is 10.5 Å². The third-order valence-electron chi connectivity index (χ3n) is 4.78. The van der Waals surface area contributed by atoms with E-state index in [2.05, 4.69) is 25.1 Å². The molecule has 0 saturated heterocycles. The van der Waals surface area contributed by atoms with Crippen LogP contribution in [0, 0.1) is 0 Å². The quantitative estimate of drug-likeness (QED) is 0.868. The van der Waals surface area contributed by atoms with Gasteiger partial charge >= 0.3 is 0 Å². The molecule has 2 heteroatoms. The lowest BCUT2D eigenvalue weighted by Gasteiger charge is -2.30. The molecule has 98 valence electrons. The summed E-state index contributed by atoms with van der Waals surface area (Å²) in [5, 5.41) is 0. The Bertz CT molecular complexity index is 435. The van der Waals surface area contributed by atoms with Crippen molar-refractivity contribution in [1.82, 2.24) is 0 Å². The Balaban J connectivity index is 1.96. The summed E-state index contributed by atoms with van der Waals surface area (Å²) in [6.07, 6.45) is 7.72. The third kappa shape index (κ3) is 1.93. The van der Waals surface area contributed by atoms with Crippen molar-refractivity contribution in [2.24, 2.45) is 5.73 Å². The van der Waals surface area contributed by atoms with E-state index in [0.717, 1.165) is 25.1 Å². The lowest BCUT2D eigenvalue weighted by Crippen LogP contribution is -2.32. The molecule has 0 spiro atoms. The van der Waals surface area contributed by atoms with Gasteiger partial charge < -0.3 is 10.5 Å². The van der Waals surface area contributed by atoms with Gasteiger partial charge in [0.15, 0.2) is 0 Å². The lowest BCUT2D eigenvalue weighted by molar-refractivity contribution is 0.192. The van der Waals surface area contributed by atoms with Crippen LogP contribution in [0.4, 0.5) is 0 Å². The molecule has 1 aromatic rings. The molecule has 18 heavy (non-hydrogen) atoms. The van der Waals surface area contributed by atoms with Crippen LogP contribution in [0.3, 0.4) is 0 Å². The molecule has 1 atom stereocenters. The second-order valence-corrected chi connectivity index (χ2v) is 5.98. The van der Waals surface area contributed by atoms with Gasteiger partial charge in [-0.3, -0.25) is 0 Å². The Morgan fingerprint density at radius 1 is 1.33 bits per heavy atom. The third-order valence-corrected chi connectivity index (χ3v) is 4.78. The molecule has 1 aliphatic heterocycles. The van der Waals surface area contributed by atoms with Crippen LogP contribution in [0.5, 0.6) is 5.75 Å². The van der Waals surface area contributed by atoms with Gasteiger partial charge in [-0.15, -0.1) is 0 Å². The minimum absolute atomic E-state index is 0.221. The first-order valence-corrected chi connectivity index (χ1v) is 7.24. The first-order chi connectivity index (χ1) is 8.73. The highest BCUT2D eigenvalue weighted by Gasteiger charge is 2.35. The summed E-state index contributed by atoms with van der Waals surface area (Å²) < 4.78 is 5.98. The van der Waals surface area contributed by atoms with Crippen LogP contribution in [0.15, 0.2) is 18.2 Å². The van der Waals surface area contributed by atoms with E-state index in [9.17, 15) is 0 Å². The van der Waals surface area contributed by atoms with Gasteiger partial charge in [0, 0.05) is 12.0 Å². The first kappa shape index (κ1) is 12.0. The van der Waals surface area contributed by atoms with Crippen molar-refractivity contribution >= 4 is 0 Å². The molecule has 0 aromatic heterocycles. The second kappa shape index (κ2) is 4.58. The highest BCUT2D eigenvalue weighted by molar-refractivity contribution is 5.42. The SMILES string of the molecule is CC1CCc2ccc(C3(CN)CCCC3)cc2O1. The zero-order valence-electron chi connectivity index (χ0n) is 11.2. The van der Waals surface area contributed by atoms with Gasteiger partial charge in [-0.2, -0.15) is 0 Å². The Labute approximate surface area is 110 Å². The maximum Gasteiger partial charge on any atom is 0.123 e. The van der Waals surface area contributed by atoms with Crippen molar-refractivity contribution < 1.29 is 4.74 Å². The highest BCUT2D eigenvalue weighted by atomic mass is 16.5. The van der Waals surface area contributed by atoms with Crippen LogP contribution in [0.2, 0.25) is 0 Å². The van der Waals surface area contributed by atoms with E-state index in [1.165, 1.54) is 36.8 Å². The fourth-order valence-electron chi connectivity index (χ4n) is 3.50. The van der Waals surface area contributed by atoms with E-state index in [1.807, 2.05) is 0 Å². The lowest BCUT2D eigenvalue weighted by atomic mass is 9.78. The van der Waals surface area contributed by atoms with Crippen molar-refractivity contribution in [3.63, 3.8) is 0 Å². The molecule has 1 aliphatic carbocycles. The number of fused-ring (bicyclic) bond motifs is 1. The van der Waals surface area contributed by atoms with Gasteiger partial charge in [0.05, 0.1) is 6.10 Å². The largest absolute Gasteiger partial charge is 0.490 e. The van der Waals surface area contributed by atoms with Gasteiger partial charge in [0.1, 0.15) is 5.75 Å². The zero-order chi connectivity index (χ0) is 12.6. The number of hydrogen-bond donors (Lipinski definition) is 1. The van der Waals surface area contributed by atoms with Gasteiger partial charge in [-0.1, -0.05) is 25.0 Å². The van der Waals surface area contributed by atoms with E-state index < -0.39 is 0 Å². The maximum absolute atomic E-state index is 6.06. The highest BCUT2D eigenvalue weighted by Crippen LogP contribution is 2.42. The fraction of sp³-hybridized carbons (Fsp3) is 0.625. The maximum atomic E-state index is 6.06. The molecule has 0 radical (unpaired) electrons. The normalized spacial score (nSPS) is 25.6. The summed E-state index contributed by atoms with van der Waals surface area (Å²) in [7, 11) is 0. The van der Waals surface area contributed by atoms with Crippen LogP contribution >= 0.6 is 0 Å². The molecular weight excluding hydrogens is 222 g/mol. The number of hydrogen-bond acceptors (Lipinski definition) is 2. The van der Waals surface area contributed by atoms with Crippen molar-refractivity contribution in [3.8, 4) is 5.75 Å². The number of benzene rings is 1. The molecule has 1 unspecified atom stereocenters. The molecule has 2 nitrogen and oxygen atoms in total. The van der Waals surface area contributed by atoms with Crippen LogP contribution in [0.25, 0.3) is 0 Å². The van der Waals surface area contributed by atoms with Crippen molar-refractivity contribution in [3.05, 3.63) is 29.3 Å². The second-order valence-electron chi connectivity index (χ2n) is 5.98. The summed E-state index contributed by atoms with van der Waals surface area (Å²) in [6.45, 7) is 2.92. The molecule has 2 N–H and O–H groups in total. The molecule has 1 fully saturated rings. The molecule has 3 rings (SSSR count). The van der Waals surface area contributed by atoms with Gasteiger partial charge in [0.2, 0.25) is 0 Å². The minimum atomic E-state index is 0.221. The van der Waals surface area contributed by atoms with Crippen LogP contribution in [-0.4, -0.2) is 12.6 Å². The number of ether oxygens (including phenoxy) is 1. The smallest absolute Gasteiger partial charge is 0.123 e. The summed E-state index contributed by atoms with van der Waals surface area (Å²) in [5.41, 5.74) is 9.05. The van der Waals surface area contributed by atoms with Crippen molar-refractivity contribution in [1.29, 1.82) is 0 Å². The standard InChI is InChI=1S/C16H23NO/c1-12-4-5-13-6-7-14(10-15(13)18-12)16(11-17)8-2-3-9-16/h6-7,10,12H,2-5,8-9,11,17H2,1H3. The average molecular weight is 245 g/mol. The molecule has 1 aromatic carbocycles. The number of nitrogens with two attached hydrogens (primary N) is 1. The molecule has 1 saturated carbocycles. The Morgan fingerprint density at radius 2 is 2.11 bits per heavy atom. The Morgan fingerprint density at radius 3 is 2.83 bits per heavy atom. The van der Waals surface area contributed by atoms with E-state index in [-0.39, 0.29) is 5.41 Å². The molecule has 0 bridgehead atoms. The van der Waals surface area contributed by atoms with Gasteiger partial charge in [0.25, 0.3) is 0 Å². The zero-order valence-corrected chi connectivity index (χ0v) is 11.2. The molecule has 0 amide bonds. The van der Waals surface area contributed by atoms with Crippen molar-refractivity contribution in [2.45, 2.75) is 57.0 Å². The van der Waals surface area contributed by atoms with Crippen LogP contribution in [-0.2, 0) is 11.8 Å². The molecule has 1 heterocycles. The molecular formula is C16H23NO. The summed E-state index contributed by atoms with van der Waals surface area (Å²) in [6, 6.07) is 6.81. The summed E-state index contributed by atoms with van der Waals surface area (Å²) in [4.78, 5) is 0. The van der Waals surface area contributed by atoms with Gasteiger partial charge in [-0.05, 0) is 49.8 Å². The van der Waals surface area contributed by atoms with Crippen molar-refractivity contribution in [2.75, 3.05) is 6.54 Å². The van der Waals surface area contributed by atoms with E-state index in [1.54, 1.807) is 0 Å². The fourth-order valence-corrected chi connectivity index (χ4v) is 3.50. The predicted molar refractivity (Wildman–Crippen MR) is 74.1 cm³/mol. The molecule has 2 aliphatic rings.